The molecule has 3 aromatic heterocycles. The van der Waals surface area contributed by atoms with Crippen LogP contribution in [0.15, 0.2) is 54.6 Å². The van der Waals surface area contributed by atoms with Crippen LogP contribution < -0.4 is 9.62 Å². The number of nitrogens with one attached hydrogen (secondary N) is 1. The van der Waals surface area contributed by atoms with Crippen molar-refractivity contribution >= 4 is 73.9 Å². The van der Waals surface area contributed by atoms with E-state index in [1.165, 1.54) is 13.8 Å². The molecule has 438 valence electrons. The molecule has 3 atom stereocenters. The summed E-state index contributed by atoms with van der Waals surface area (Å²) in [7, 11) is -12.8. The number of ether oxygens (including phenoxy) is 1. The summed E-state index contributed by atoms with van der Waals surface area (Å²) in [5.41, 5.74) is -6.49. The van der Waals surface area contributed by atoms with E-state index in [2.05, 4.69) is 41.6 Å². The molecule has 20 nitrogen and oxygen atoms in total. The molecule has 0 spiro atoms. The van der Waals surface area contributed by atoms with Gasteiger partial charge in [-0.25, -0.2) is 44.5 Å². The van der Waals surface area contributed by atoms with Gasteiger partial charge < -0.3 is 24.7 Å². The monoisotopic (exact) mass is 1230 g/mol. The van der Waals surface area contributed by atoms with Crippen LogP contribution >= 0.6 is 19.4 Å². The molecule has 7 rings (SSSR count). The second kappa shape index (κ2) is 22.3. The Labute approximate surface area is 458 Å². The normalized spacial score (nSPS) is 16.5. The first-order chi connectivity index (χ1) is 37.2. The number of anilines is 1. The minimum absolute atomic E-state index is 0.0220. The number of amides is 3. The fraction of sp³-hybridized carbons (Fsp3) is 0.404. The maximum absolute atomic E-state index is 15.9. The van der Waals surface area contributed by atoms with Crippen LogP contribution in [0.2, 0.25) is 5.02 Å². The average Bonchev–Trinajstić information content (AvgIpc) is 3.77. The summed E-state index contributed by atoms with van der Waals surface area (Å²) >= 11 is 6.67. The van der Waals surface area contributed by atoms with Crippen LogP contribution in [-0.4, -0.2) is 118 Å². The Morgan fingerprint density at radius 3 is 2.16 bits per heavy atom. The lowest BCUT2D eigenvalue weighted by molar-refractivity contribution is -0.143. The average molecular weight is 1230 g/mol. The van der Waals surface area contributed by atoms with Crippen molar-refractivity contribution in [2.24, 2.45) is 5.92 Å². The van der Waals surface area contributed by atoms with E-state index in [-0.39, 0.29) is 30.5 Å². The molecular weight excluding hydrogens is 1190 g/mol. The molecule has 3 heterocycles. The molecule has 34 heteroatoms. The second-order valence-electron chi connectivity index (χ2n) is 19.1. The minimum Gasteiger partial charge on any atom is -0.422 e. The van der Waals surface area contributed by atoms with E-state index in [9.17, 15) is 70.9 Å². The molecule has 5 aromatic rings. The molecule has 81 heavy (non-hydrogen) atoms. The van der Waals surface area contributed by atoms with Gasteiger partial charge in [-0.2, -0.15) is 49.6 Å². The first-order valence-corrected chi connectivity index (χ1v) is 28.9. The Bertz CT molecular complexity index is 3730. The number of hydrogen-bond donors (Lipinski definition) is 3. The number of carbonyl (C=O) groups is 3. The van der Waals surface area contributed by atoms with Crippen molar-refractivity contribution in [1.82, 2.24) is 34.8 Å². The van der Waals surface area contributed by atoms with Crippen LogP contribution in [0.5, 0.6) is 0 Å². The molecule has 0 fully saturated rings. The number of fused-ring (bicyclic) bond motifs is 4. The lowest BCUT2D eigenvalue weighted by atomic mass is 9.81. The number of nitrogens with zero attached hydrogens (tertiary/aromatic N) is 7. The largest absolute Gasteiger partial charge is 0.472 e. The Kier molecular flexibility index (Phi) is 17.0. The van der Waals surface area contributed by atoms with Gasteiger partial charge in [-0.15, -0.1) is 0 Å². The van der Waals surface area contributed by atoms with Gasteiger partial charge in [0.1, 0.15) is 40.9 Å². The summed E-state index contributed by atoms with van der Waals surface area (Å²) < 4.78 is 219. The minimum atomic E-state index is -5.30. The number of alkyl halides is 8. The van der Waals surface area contributed by atoms with E-state index in [4.69, 9.17) is 21.4 Å². The third-order valence-corrected chi connectivity index (χ3v) is 16.4. The predicted molar refractivity (Wildman–Crippen MR) is 266 cm³/mol. The molecule has 0 bridgehead atoms. The summed E-state index contributed by atoms with van der Waals surface area (Å²) in [4.78, 5) is 63.6. The van der Waals surface area contributed by atoms with E-state index in [0.29, 0.717) is 12.3 Å². The fourth-order valence-electron chi connectivity index (χ4n) is 8.76. The highest BCUT2D eigenvalue weighted by Gasteiger charge is 2.61. The van der Waals surface area contributed by atoms with Gasteiger partial charge in [-0.1, -0.05) is 35.7 Å². The molecule has 0 aliphatic heterocycles. The van der Waals surface area contributed by atoms with E-state index in [1.54, 1.807) is 0 Å². The Morgan fingerprint density at radius 1 is 0.951 bits per heavy atom. The Balaban J connectivity index is 1.41. The number of aromatic nitrogens is 5. The molecule has 2 aromatic carbocycles. The number of sulfonamides is 1. The van der Waals surface area contributed by atoms with E-state index in [1.807, 2.05) is 0 Å². The third kappa shape index (κ3) is 13.7. The maximum Gasteiger partial charge on any atom is 0.472 e. The number of allylic oxidation sites excluding steroid dienone is 2. The second-order valence-corrected chi connectivity index (χ2v) is 25.1. The van der Waals surface area contributed by atoms with Crippen molar-refractivity contribution in [2.45, 2.75) is 81.2 Å². The lowest BCUT2D eigenvalue weighted by Crippen LogP contribution is -2.37. The number of phosphoric acid groups is 1. The van der Waals surface area contributed by atoms with Crippen molar-refractivity contribution in [3.63, 3.8) is 0 Å². The van der Waals surface area contributed by atoms with Crippen LogP contribution in [0, 0.1) is 29.4 Å². The standard InChI is InChI=1S/C47H44ClF10N8O12PS2/c1-44(2,80(4,73)74)15-14-27-8-9-28(38(59-27)33(19-24-17-25(49)20-26(50)18-24)60-34(67)21-64-41-36(40(61-64)47(56,57)58)30-10-12-31(30)46(41,54)55)29-11-13-32(48)37-39(29)65(22-45(51,52)53)62-42(37)66(81(5,75)76)35(68)7-6-16-63(3)43(69)77-23-78-79(70,71)72/h8-13,17-18,20,30-31,33H,6-7,16,19,21-23H2,1-5H3,(H,60,67)(H2,70,71,72)/t30-,31+,33-/m0/s1. The van der Waals surface area contributed by atoms with E-state index >= 15 is 8.78 Å². The van der Waals surface area contributed by atoms with Crippen LogP contribution in [0.4, 0.5) is 54.5 Å². The number of hydrogen-bond acceptors (Lipinski definition) is 13. The van der Waals surface area contributed by atoms with Crippen molar-refractivity contribution < 1.29 is 98.7 Å². The quantitative estimate of drug-likeness (QED) is 0.0250. The van der Waals surface area contributed by atoms with Gasteiger partial charge in [0.05, 0.1) is 39.8 Å². The van der Waals surface area contributed by atoms with Gasteiger partial charge in [0.25, 0.3) is 5.92 Å². The number of phosphoric ester groups is 1. The summed E-state index contributed by atoms with van der Waals surface area (Å²) in [5, 5.41) is 8.51. The topological polar surface area (TPSA) is 263 Å². The number of sulfone groups is 1. The summed E-state index contributed by atoms with van der Waals surface area (Å²) in [6.45, 7) is -2.60. The molecule has 3 amide bonds. The predicted octanol–water partition coefficient (Wildman–Crippen LogP) is 7.67. The molecule has 2 aliphatic rings. The Hall–Kier alpha value is -6.62. The van der Waals surface area contributed by atoms with E-state index in [0.717, 1.165) is 66.8 Å². The third-order valence-electron chi connectivity index (χ3n) is 12.7. The highest BCUT2D eigenvalue weighted by Crippen LogP contribution is 2.60. The van der Waals surface area contributed by atoms with Crippen molar-refractivity contribution in [2.75, 3.05) is 37.2 Å². The van der Waals surface area contributed by atoms with Crippen LogP contribution in [0.3, 0.4) is 0 Å². The fourth-order valence-corrected chi connectivity index (χ4v) is 10.3. The molecule has 0 radical (unpaired) electrons. The summed E-state index contributed by atoms with van der Waals surface area (Å²) in [5.74, 6) is -8.20. The number of benzene rings is 2. The Morgan fingerprint density at radius 2 is 1.59 bits per heavy atom. The summed E-state index contributed by atoms with van der Waals surface area (Å²) in [6, 6.07) is 4.44. The lowest BCUT2D eigenvalue weighted by Gasteiger charge is -2.27. The van der Waals surface area contributed by atoms with Crippen LogP contribution in [0.1, 0.15) is 72.6 Å². The van der Waals surface area contributed by atoms with Gasteiger partial charge in [0.2, 0.25) is 28.6 Å². The smallest absolute Gasteiger partial charge is 0.422 e. The van der Waals surface area contributed by atoms with Crippen molar-refractivity contribution in [3.8, 4) is 23.0 Å². The molecule has 0 unspecified atom stereocenters. The first kappa shape index (κ1) is 62.0. The molecule has 0 saturated carbocycles. The van der Waals surface area contributed by atoms with Gasteiger partial charge in [0.15, 0.2) is 21.3 Å². The van der Waals surface area contributed by atoms with E-state index < -0.39 is 194 Å². The SMILES string of the molecule is CN(CCCC(=O)N(c1nn(CC(F)(F)F)c2c(-c3ccc(C#CC(C)(C)S(C)(=O)=O)nc3[C@H](Cc3cc(F)cc(F)c3)NC(=O)Cn3nc(C(F)(F)F)c4c3C(F)(F)[C@@H]3C=C[C@H]43)ccc(Cl)c12)S(C)(=O)=O)C(=O)OCOP(=O)(O)O. The van der Waals surface area contributed by atoms with Crippen molar-refractivity contribution in [3.05, 3.63) is 105 Å². The van der Waals surface area contributed by atoms with Gasteiger partial charge >= 0.3 is 26.3 Å². The number of rotatable bonds is 18. The van der Waals surface area contributed by atoms with Gasteiger partial charge in [-0.3, -0.25) is 19.0 Å². The molecule has 2 aliphatic carbocycles. The zero-order chi connectivity index (χ0) is 60.3. The summed E-state index contributed by atoms with van der Waals surface area (Å²) in [6.07, 6.45) is -10.2. The number of carbonyl (C=O) groups excluding carboxylic acids is 3. The number of halogens is 11. The van der Waals surface area contributed by atoms with Crippen LogP contribution in [-0.2, 0) is 74.9 Å². The van der Waals surface area contributed by atoms with Crippen molar-refractivity contribution in [1.29, 1.82) is 0 Å². The molecule has 0 saturated heterocycles. The first-order valence-electron chi connectivity index (χ1n) is 23.3. The molecular formula is C47H44ClF10N8O12PS2. The highest BCUT2D eigenvalue weighted by atomic mass is 35.5. The van der Waals surface area contributed by atoms with Gasteiger partial charge in [-0.05, 0) is 68.5 Å². The maximum atomic E-state index is 15.9. The highest BCUT2D eigenvalue weighted by molar-refractivity contribution is 7.93. The van der Waals surface area contributed by atoms with Gasteiger partial charge in [0, 0.05) is 54.9 Å². The molecule has 3 N–H and O–H groups in total. The zero-order valence-electron chi connectivity index (χ0n) is 42.4. The number of pyridine rings is 1. The zero-order valence-corrected chi connectivity index (χ0v) is 45.7. The van der Waals surface area contributed by atoms with Crippen LogP contribution in [0.25, 0.3) is 22.0 Å².